The van der Waals surface area contributed by atoms with E-state index in [1.54, 1.807) is 26.8 Å². The number of amides is 2. The second-order valence-corrected chi connectivity index (χ2v) is 8.13. The number of alkyl carbamates (subject to hydrolysis) is 1. The van der Waals surface area contributed by atoms with Crippen molar-refractivity contribution in [3.05, 3.63) is 25.3 Å². The Morgan fingerprint density at radius 2 is 1.79 bits per heavy atom. The highest BCUT2D eigenvalue weighted by Gasteiger charge is 2.26. The molecule has 0 aromatic rings. The van der Waals surface area contributed by atoms with Crippen LogP contribution in [-0.2, 0) is 19.6 Å². The minimum Gasteiger partial charge on any atom is -0.444 e. The molecule has 0 aliphatic rings. The van der Waals surface area contributed by atoms with Gasteiger partial charge in [-0.15, -0.1) is 13.2 Å². The van der Waals surface area contributed by atoms with Crippen molar-refractivity contribution in [1.29, 1.82) is 0 Å². The summed E-state index contributed by atoms with van der Waals surface area (Å²) in [4.78, 5) is 23.9. The summed E-state index contributed by atoms with van der Waals surface area (Å²) in [5.74, 6) is -0.982. The molecule has 1 atom stereocenters. The third-order valence-electron chi connectivity index (χ3n) is 2.74. The van der Waals surface area contributed by atoms with E-state index in [4.69, 9.17) is 4.74 Å². The summed E-state index contributed by atoms with van der Waals surface area (Å²) >= 11 is 0. The van der Waals surface area contributed by atoms with Gasteiger partial charge in [-0.25, -0.2) is 13.2 Å². The number of carbonyl (C=O) groups is 2. The Morgan fingerprint density at radius 1 is 1.17 bits per heavy atom. The largest absolute Gasteiger partial charge is 0.444 e. The summed E-state index contributed by atoms with van der Waals surface area (Å²) < 4.78 is 30.8. The van der Waals surface area contributed by atoms with Crippen LogP contribution in [0.3, 0.4) is 0 Å². The summed E-state index contributed by atoms with van der Waals surface area (Å²) in [6.45, 7) is 12.1. The number of hydrogen-bond acceptors (Lipinski definition) is 5. The number of unbranched alkanes of at least 4 members (excludes halogenated alkanes) is 2. The summed E-state index contributed by atoms with van der Waals surface area (Å²) in [6, 6.07) is -1.07. The molecule has 2 amide bonds. The van der Waals surface area contributed by atoms with Crippen molar-refractivity contribution in [2.45, 2.75) is 58.1 Å². The average molecular weight is 360 g/mol. The molecule has 0 aromatic carbocycles. The van der Waals surface area contributed by atoms with Crippen LogP contribution in [0.25, 0.3) is 0 Å². The Hall–Kier alpha value is -1.83. The van der Waals surface area contributed by atoms with Gasteiger partial charge < -0.3 is 10.1 Å². The van der Waals surface area contributed by atoms with Crippen LogP contribution >= 0.6 is 0 Å². The van der Waals surface area contributed by atoms with E-state index < -0.39 is 33.7 Å². The van der Waals surface area contributed by atoms with E-state index in [9.17, 15) is 18.0 Å². The number of allylic oxidation sites excluding steroid dienone is 1. The lowest BCUT2D eigenvalue weighted by molar-refractivity contribution is -0.121. The maximum atomic E-state index is 12.1. The van der Waals surface area contributed by atoms with Crippen molar-refractivity contribution in [3.63, 3.8) is 0 Å². The lowest BCUT2D eigenvalue weighted by atomic mass is 10.2. The van der Waals surface area contributed by atoms with E-state index in [1.807, 2.05) is 4.72 Å². The molecule has 7 nitrogen and oxygen atoms in total. The third kappa shape index (κ3) is 10.8. The van der Waals surface area contributed by atoms with Gasteiger partial charge in [-0.1, -0.05) is 12.2 Å². The highest BCUT2D eigenvalue weighted by molar-refractivity contribution is 7.90. The quantitative estimate of drug-likeness (QED) is 0.460. The molecule has 0 aromatic heterocycles. The number of ether oxygens (including phenoxy) is 1. The van der Waals surface area contributed by atoms with Crippen molar-refractivity contribution in [2.24, 2.45) is 0 Å². The molecular formula is C16H28N2O5S. The minimum absolute atomic E-state index is 0.0804. The van der Waals surface area contributed by atoms with E-state index in [2.05, 4.69) is 18.5 Å². The first kappa shape index (κ1) is 22.2. The van der Waals surface area contributed by atoms with Crippen LogP contribution < -0.4 is 10.0 Å². The van der Waals surface area contributed by atoms with Gasteiger partial charge in [-0.2, -0.15) is 0 Å². The molecule has 0 bridgehead atoms. The monoisotopic (exact) mass is 360 g/mol. The fourth-order valence-electron chi connectivity index (χ4n) is 1.70. The smallest absolute Gasteiger partial charge is 0.408 e. The average Bonchev–Trinajstić information content (AvgIpc) is 2.40. The zero-order valence-electron chi connectivity index (χ0n) is 14.6. The molecule has 0 saturated carbocycles. The van der Waals surface area contributed by atoms with Gasteiger partial charge in [0.25, 0.3) is 5.91 Å². The van der Waals surface area contributed by atoms with Gasteiger partial charge in [0.1, 0.15) is 11.6 Å². The Balaban J connectivity index is 4.70. The van der Waals surface area contributed by atoms with Crippen LogP contribution in [0.5, 0.6) is 0 Å². The van der Waals surface area contributed by atoms with Gasteiger partial charge in [0.15, 0.2) is 0 Å². The maximum absolute atomic E-state index is 12.1. The van der Waals surface area contributed by atoms with Gasteiger partial charge in [0, 0.05) is 0 Å². The lowest BCUT2D eigenvalue weighted by Gasteiger charge is -2.22. The highest BCUT2D eigenvalue weighted by atomic mass is 32.2. The molecule has 0 saturated heterocycles. The SMILES string of the molecule is C=CCCCCS(=O)(=O)NC(=O)C(CC=C)NC(=O)OC(C)(C)C. The normalized spacial score (nSPS) is 12.8. The Kier molecular flexibility index (Phi) is 9.35. The molecule has 0 radical (unpaired) electrons. The van der Waals surface area contributed by atoms with Crippen LogP contribution in [0.1, 0.15) is 46.5 Å². The number of nitrogens with one attached hydrogen (secondary N) is 2. The topological polar surface area (TPSA) is 102 Å². The third-order valence-corrected chi connectivity index (χ3v) is 4.08. The maximum Gasteiger partial charge on any atom is 0.408 e. The van der Waals surface area contributed by atoms with Crippen molar-refractivity contribution in [3.8, 4) is 0 Å². The predicted octanol–water partition coefficient (Wildman–Crippen LogP) is 2.26. The Bertz CT molecular complexity index is 549. The first-order valence-corrected chi connectivity index (χ1v) is 9.41. The summed E-state index contributed by atoms with van der Waals surface area (Å²) in [7, 11) is -3.76. The number of rotatable bonds is 10. The van der Waals surface area contributed by atoms with E-state index in [0.717, 1.165) is 0 Å². The second-order valence-electron chi connectivity index (χ2n) is 6.29. The predicted molar refractivity (Wildman–Crippen MR) is 93.9 cm³/mol. The number of sulfonamides is 1. The van der Waals surface area contributed by atoms with Gasteiger partial charge in [-0.05, 0) is 46.5 Å². The van der Waals surface area contributed by atoms with Gasteiger partial charge in [0.2, 0.25) is 10.0 Å². The molecule has 0 rings (SSSR count). The molecule has 0 aliphatic carbocycles. The summed E-state index contributed by atoms with van der Waals surface area (Å²) in [6.07, 6.45) is 4.20. The van der Waals surface area contributed by atoms with Gasteiger partial charge >= 0.3 is 6.09 Å². The van der Waals surface area contributed by atoms with Crippen LogP contribution in [0.15, 0.2) is 25.3 Å². The highest BCUT2D eigenvalue weighted by Crippen LogP contribution is 2.07. The lowest BCUT2D eigenvalue weighted by Crippen LogP contribution is -2.49. The van der Waals surface area contributed by atoms with E-state index in [-0.39, 0.29) is 12.2 Å². The summed E-state index contributed by atoms with van der Waals surface area (Å²) in [5.41, 5.74) is -0.726. The standard InChI is InChI=1S/C16H28N2O5S/c1-6-8-9-10-12-24(21,22)18-14(19)13(11-7-2)17-15(20)23-16(3,4)5/h6-7,13H,1-2,8-12H2,3-5H3,(H,17,20)(H,18,19). The molecule has 0 spiro atoms. The zero-order valence-corrected chi connectivity index (χ0v) is 15.4. The van der Waals surface area contributed by atoms with Crippen molar-refractivity contribution < 1.29 is 22.7 Å². The van der Waals surface area contributed by atoms with E-state index >= 15 is 0 Å². The number of carbonyl (C=O) groups excluding carboxylic acids is 2. The Morgan fingerprint density at radius 3 is 2.29 bits per heavy atom. The van der Waals surface area contributed by atoms with Crippen LogP contribution in [0, 0.1) is 0 Å². The van der Waals surface area contributed by atoms with Crippen LogP contribution in [-0.4, -0.2) is 37.8 Å². The molecule has 0 heterocycles. The van der Waals surface area contributed by atoms with Crippen molar-refractivity contribution in [2.75, 3.05) is 5.75 Å². The van der Waals surface area contributed by atoms with Crippen molar-refractivity contribution in [1.82, 2.24) is 10.0 Å². The second kappa shape index (κ2) is 10.1. The van der Waals surface area contributed by atoms with Crippen LogP contribution in [0.2, 0.25) is 0 Å². The molecular weight excluding hydrogens is 332 g/mol. The van der Waals surface area contributed by atoms with Gasteiger partial charge in [-0.3, -0.25) is 9.52 Å². The van der Waals surface area contributed by atoms with Crippen LogP contribution in [0.4, 0.5) is 4.79 Å². The molecule has 1 unspecified atom stereocenters. The molecule has 2 N–H and O–H groups in total. The van der Waals surface area contributed by atoms with E-state index in [1.165, 1.54) is 6.08 Å². The zero-order chi connectivity index (χ0) is 18.8. The molecule has 138 valence electrons. The first-order chi connectivity index (χ1) is 11.0. The molecule has 8 heteroatoms. The minimum atomic E-state index is -3.76. The fourth-order valence-corrected chi connectivity index (χ4v) is 2.84. The first-order valence-electron chi connectivity index (χ1n) is 7.76. The fraction of sp³-hybridized carbons (Fsp3) is 0.625. The number of hydrogen-bond donors (Lipinski definition) is 2. The molecule has 24 heavy (non-hydrogen) atoms. The van der Waals surface area contributed by atoms with E-state index in [0.29, 0.717) is 19.3 Å². The molecule has 0 aliphatic heterocycles. The van der Waals surface area contributed by atoms with Crippen molar-refractivity contribution >= 4 is 22.0 Å². The molecule has 0 fully saturated rings. The Labute approximate surface area is 144 Å². The summed E-state index contributed by atoms with van der Waals surface area (Å²) in [5, 5.41) is 2.35. The van der Waals surface area contributed by atoms with Gasteiger partial charge in [0.05, 0.1) is 5.75 Å².